The second kappa shape index (κ2) is 21.6. The first kappa shape index (κ1) is 28.6. The van der Waals surface area contributed by atoms with Crippen LogP contribution in [0.2, 0.25) is 0 Å². The molecule has 26 heavy (non-hydrogen) atoms. The van der Waals surface area contributed by atoms with Crippen molar-refractivity contribution in [3.8, 4) is 0 Å². The number of carboxylic acids is 1. The normalized spacial score (nSPS) is 13.2. The van der Waals surface area contributed by atoms with Crippen molar-refractivity contribution >= 4 is 5.97 Å². The Balaban J connectivity index is 0. The summed E-state index contributed by atoms with van der Waals surface area (Å²) >= 11 is 0. The predicted molar refractivity (Wildman–Crippen MR) is 100 cm³/mol. The fourth-order valence-electron chi connectivity index (χ4n) is 2.72. The molecule has 0 aromatic rings. The van der Waals surface area contributed by atoms with Gasteiger partial charge in [0.25, 0.3) is 0 Å². The van der Waals surface area contributed by atoms with Crippen LogP contribution in [0.3, 0.4) is 0 Å². The zero-order chi connectivity index (χ0) is 18.8. The second-order valence-electron chi connectivity index (χ2n) is 7.07. The zero-order valence-corrected chi connectivity index (χ0v) is 19.4. The van der Waals surface area contributed by atoms with E-state index in [0.29, 0.717) is 6.61 Å². The third-order valence-electron chi connectivity index (χ3n) is 4.47. The molecule has 2 N–H and O–H groups in total. The largest absolute Gasteiger partial charge is 1.00 e. The first-order valence-corrected chi connectivity index (χ1v) is 10.3. The fourth-order valence-corrected chi connectivity index (χ4v) is 2.72. The van der Waals surface area contributed by atoms with Gasteiger partial charge in [-0.3, -0.25) is 0 Å². The maximum atomic E-state index is 10.5. The van der Waals surface area contributed by atoms with Gasteiger partial charge in [-0.05, 0) is 13.3 Å². The van der Waals surface area contributed by atoms with Gasteiger partial charge in [0.15, 0.2) is 0 Å². The van der Waals surface area contributed by atoms with E-state index in [-0.39, 0.29) is 42.7 Å². The number of unbranched alkanes of at least 4 members (excludes halogenated alkanes) is 11. The Labute approximate surface area is 182 Å². The Bertz CT molecular complexity index is 306. The molecule has 0 saturated carbocycles. The van der Waals surface area contributed by atoms with Gasteiger partial charge in [-0.25, -0.2) is 0 Å². The van der Waals surface area contributed by atoms with Crippen LogP contribution < -0.4 is 40.0 Å². The Morgan fingerprint density at radius 1 is 0.962 bits per heavy atom. The van der Waals surface area contributed by atoms with E-state index in [9.17, 15) is 15.0 Å². The van der Waals surface area contributed by atoms with E-state index in [1.165, 1.54) is 77.6 Å². The van der Waals surface area contributed by atoms with E-state index in [1.807, 2.05) is 0 Å². The van der Waals surface area contributed by atoms with E-state index in [4.69, 9.17) is 4.74 Å². The summed E-state index contributed by atoms with van der Waals surface area (Å²) in [6.45, 7) is 4.85. The zero-order valence-electron chi connectivity index (χ0n) is 17.4. The maximum Gasteiger partial charge on any atom is 1.00 e. The summed E-state index contributed by atoms with van der Waals surface area (Å²) in [6, 6.07) is -0.758. The van der Waals surface area contributed by atoms with Crippen molar-refractivity contribution in [1.82, 2.24) is 5.32 Å². The van der Waals surface area contributed by atoms with Crippen molar-refractivity contribution in [2.45, 2.75) is 103 Å². The maximum absolute atomic E-state index is 10.5. The van der Waals surface area contributed by atoms with Crippen molar-refractivity contribution < 1.29 is 49.3 Å². The summed E-state index contributed by atoms with van der Waals surface area (Å²) in [5.74, 6) is -1.16. The number of carbonyl (C=O) groups excluding carboxylic acids is 1. The molecular formula is C20H40NNaO4. The molecule has 2 atom stereocenters. The number of carboxylic acid groups (broad SMARTS) is 1. The standard InChI is InChI=1S/C20H41NO4.Na/c1-3-4-5-6-7-8-9-10-11-12-13-14-15-25-17-19(22)16-21-18(2)20(23)24;/h18-19,21-22H,3-17H2,1-2H3,(H,23,24);/q;+1/p-1/t18-,19?;/m0./s1. The van der Waals surface area contributed by atoms with Gasteiger partial charge < -0.3 is 25.1 Å². The quantitative estimate of drug-likeness (QED) is 0.239. The van der Waals surface area contributed by atoms with Crippen LogP contribution in [0.25, 0.3) is 0 Å². The van der Waals surface area contributed by atoms with Crippen molar-refractivity contribution in [1.29, 1.82) is 0 Å². The Kier molecular flexibility index (Phi) is 23.8. The molecule has 0 aliphatic carbocycles. The van der Waals surface area contributed by atoms with Gasteiger partial charge in [0.1, 0.15) is 0 Å². The molecule has 0 aliphatic rings. The molecule has 0 aromatic carbocycles. The minimum Gasteiger partial charge on any atom is -0.548 e. The van der Waals surface area contributed by atoms with E-state index in [1.54, 1.807) is 0 Å². The SMILES string of the molecule is CCCCCCCCCCCCCCOCC(O)CN[C@@H](C)C(=O)[O-].[Na+]. The first-order chi connectivity index (χ1) is 12.1. The van der Waals surface area contributed by atoms with E-state index in [2.05, 4.69) is 12.2 Å². The average Bonchev–Trinajstić information content (AvgIpc) is 2.59. The molecule has 0 fully saturated rings. The van der Waals surface area contributed by atoms with Crippen molar-refractivity contribution in [3.05, 3.63) is 0 Å². The number of aliphatic hydroxyl groups is 1. The number of carbonyl (C=O) groups is 1. The molecule has 150 valence electrons. The number of nitrogens with one attached hydrogen (secondary N) is 1. The van der Waals surface area contributed by atoms with Gasteiger partial charge in [-0.1, -0.05) is 77.6 Å². The van der Waals surface area contributed by atoms with E-state index < -0.39 is 18.1 Å². The molecule has 0 rings (SSSR count). The van der Waals surface area contributed by atoms with Gasteiger partial charge in [-0.15, -0.1) is 0 Å². The Morgan fingerprint density at radius 2 is 1.42 bits per heavy atom. The monoisotopic (exact) mass is 381 g/mol. The van der Waals surface area contributed by atoms with Gasteiger partial charge in [0.05, 0.1) is 18.7 Å². The van der Waals surface area contributed by atoms with Crippen LogP contribution in [-0.2, 0) is 9.53 Å². The molecule has 0 spiro atoms. The smallest absolute Gasteiger partial charge is 0.548 e. The van der Waals surface area contributed by atoms with Crippen LogP contribution in [0, 0.1) is 0 Å². The van der Waals surface area contributed by atoms with Crippen LogP contribution in [0.5, 0.6) is 0 Å². The van der Waals surface area contributed by atoms with Gasteiger partial charge in [0.2, 0.25) is 0 Å². The summed E-state index contributed by atoms with van der Waals surface area (Å²) in [4.78, 5) is 10.5. The number of hydrogen-bond donors (Lipinski definition) is 2. The summed E-state index contributed by atoms with van der Waals surface area (Å²) in [5.41, 5.74) is 0. The van der Waals surface area contributed by atoms with Crippen LogP contribution in [-0.4, -0.2) is 43.0 Å². The minimum absolute atomic E-state index is 0. The van der Waals surface area contributed by atoms with Crippen LogP contribution in [0.15, 0.2) is 0 Å². The first-order valence-electron chi connectivity index (χ1n) is 10.3. The summed E-state index contributed by atoms with van der Waals surface area (Å²) in [6.07, 6.45) is 15.1. The molecular weight excluding hydrogens is 341 g/mol. The number of hydrogen-bond acceptors (Lipinski definition) is 5. The summed E-state index contributed by atoms with van der Waals surface area (Å²) in [5, 5.41) is 22.9. The van der Waals surface area contributed by atoms with E-state index in [0.717, 1.165) is 6.42 Å². The van der Waals surface area contributed by atoms with E-state index >= 15 is 0 Å². The van der Waals surface area contributed by atoms with Crippen LogP contribution >= 0.6 is 0 Å². The fraction of sp³-hybridized carbons (Fsp3) is 0.950. The Hall–Kier alpha value is 0.350. The number of aliphatic hydroxyl groups excluding tert-OH is 1. The molecule has 6 heteroatoms. The molecule has 0 radical (unpaired) electrons. The molecule has 0 aromatic heterocycles. The van der Waals surface area contributed by atoms with Crippen molar-refractivity contribution in [2.75, 3.05) is 19.8 Å². The minimum atomic E-state index is -1.16. The van der Waals surface area contributed by atoms with Gasteiger partial charge >= 0.3 is 29.6 Å². The summed E-state index contributed by atoms with van der Waals surface area (Å²) < 4.78 is 5.43. The van der Waals surface area contributed by atoms with Crippen LogP contribution in [0.4, 0.5) is 0 Å². The molecule has 0 aliphatic heterocycles. The number of ether oxygens (including phenoxy) is 1. The molecule has 1 unspecified atom stereocenters. The van der Waals surface area contributed by atoms with Gasteiger partial charge in [0, 0.05) is 19.2 Å². The topological polar surface area (TPSA) is 81.6 Å². The third kappa shape index (κ3) is 20.7. The summed E-state index contributed by atoms with van der Waals surface area (Å²) in [7, 11) is 0. The molecule has 0 amide bonds. The van der Waals surface area contributed by atoms with Crippen molar-refractivity contribution in [3.63, 3.8) is 0 Å². The Morgan fingerprint density at radius 3 is 1.88 bits per heavy atom. The van der Waals surface area contributed by atoms with Crippen molar-refractivity contribution in [2.24, 2.45) is 0 Å². The van der Waals surface area contributed by atoms with Crippen LogP contribution in [0.1, 0.15) is 90.9 Å². The number of rotatable bonds is 19. The number of aliphatic carboxylic acids is 1. The molecule has 0 bridgehead atoms. The molecule has 5 nitrogen and oxygen atoms in total. The molecule has 0 saturated heterocycles. The third-order valence-corrected chi connectivity index (χ3v) is 4.47. The predicted octanol–water partition coefficient (Wildman–Crippen LogP) is -0.203. The second-order valence-corrected chi connectivity index (χ2v) is 7.07. The average molecular weight is 382 g/mol. The molecule has 0 heterocycles. The van der Waals surface area contributed by atoms with Gasteiger partial charge in [-0.2, -0.15) is 0 Å².